The van der Waals surface area contributed by atoms with Gasteiger partial charge in [0.2, 0.25) is 0 Å². The van der Waals surface area contributed by atoms with Crippen LogP contribution in [-0.4, -0.2) is 34.2 Å². The van der Waals surface area contributed by atoms with Crippen molar-refractivity contribution in [1.82, 2.24) is 0 Å². The number of thioether (sulfide) groups is 1. The monoisotopic (exact) mass is 248 g/mol. The minimum Gasteiger partial charge on any atom is -0.481 e. The zero-order chi connectivity index (χ0) is 12.6. The van der Waals surface area contributed by atoms with Crippen molar-refractivity contribution in [3.63, 3.8) is 0 Å². The van der Waals surface area contributed by atoms with Gasteiger partial charge in [-0.15, -0.1) is 0 Å². The Morgan fingerprint density at radius 2 is 1.88 bits per heavy atom. The first kappa shape index (κ1) is 15.3. The van der Waals surface area contributed by atoms with Crippen LogP contribution in [0.3, 0.4) is 0 Å². The zero-order valence-electron chi connectivity index (χ0n) is 10.1. The fraction of sp³-hybridized carbons (Fsp3) is 0.818. The van der Waals surface area contributed by atoms with E-state index in [1.807, 2.05) is 20.8 Å². The van der Waals surface area contributed by atoms with E-state index in [0.717, 1.165) is 18.6 Å². The van der Waals surface area contributed by atoms with Crippen molar-refractivity contribution in [2.45, 2.75) is 45.6 Å². The molecule has 0 heterocycles. The van der Waals surface area contributed by atoms with Gasteiger partial charge in [0.25, 0.3) is 0 Å². The standard InChI is InChI=1S/C11H20O4S/c1-11(2,3)15-10(14)6-4-5-7-16-8-9(12)13/h4-8H2,1-3H3,(H,12,13). The molecular formula is C11H20O4S. The summed E-state index contributed by atoms with van der Waals surface area (Å²) in [5, 5.41) is 8.39. The summed E-state index contributed by atoms with van der Waals surface area (Å²) in [4.78, 5) is 21.5. The maximum absolute atomic E-state index is 11.3. The summed E-state index contributed by atoms with van der Waals surface area (Å²) in [6, 6.07) is 0. The van der Waals surface area contributed by atoms with Crippen LogP contribution < -0.4 is 0 Å². The van der Waals surface area contributed by atoms with E-state index in [1.54, 1.807) is 0 Å². The van der Waals surface area contributed by atoms with Crippen LogP contribution in [0.5, 0.6) is 0 Å². The third-order valence-corrected chi connectivity index (χ3v) is 2.59. The molecule has 0 aliphatic heterocycles. The molecule has 0 aromatic heterocycles. The second kappa shape index (κ2) is 7.54. The summed E-state index contributed by atoms with van der Waals surface area (Å²) in [6.07, 6.45) is 2.00. The van der Waals surface area contributed by atoms with Crippen molar-refractivity contribution in [3.8, 4) is 0 Å². The molecule has 0 bridgehead atoms. The van der Waals surface area contributed by atoms with Crippen molar-refractivity contribution in [1.29, 1.82) is 0 Å². The van der Waals surface area contributed by atoms with Gasteiger partial charge in [-0.05, 0) is 39.4 Å². The lowest BCUT2D eigenvalue weighted by atomic mass is 10.2. The maximum Gasteiger partial charge on any atom is 0.313 e. The molecule has 16 heavy (non-hydrogen) atoms. The Kier molecular flexibility index (Phi) is 7.21. The highest BCUT2D eigenvalue weighted by molar-refractivity contribution is 7.99. The Hall–Kier alpha value is -0.710. The first-order valence-corrected chi connectivity index (χ1v) is 6.48. The van der Waals surface area contributed by atoms with Crippen molar-refractivity contribution < 1.29 is 19.4 Å². The Balaban J connectivity index is 3.38. The van der Waals surface area contributed by atoms with Gasteiger partial charge in [-0.25, -0.2) is 0 Å². The van der Waals surface area contributed by atoms with Crippen LogP contribution in [-0.2, 0) is 14.3 Å². The quantitative estimate of drug-likeness (QED) is 0.553. The Morgan fingerprint density at radius 3 is 2.38 bits per heavy atom. The molecular weight excluding hydrogens is 228 g/mol. The predicted molar refractivity (Wildman–Crippen MR) is 64.7 cm³/mol. The summed E-state index contributed by atoms with van der Waals surface area (Å²) >= 11 is 1.37. The third kappa shape index (κ3) is 11.4. The number of rotatable bonds is 7. The number of carboxylic acids is 1. The van der Waals surface area contributed by atoms with Crippen LogP contribution in [0.15, 0.2) is 0 Å². The fourth-order valence-corrected chi connectivity index (χ4v) is 1.75. The summed E-state index contributed by atoms with van der Waals surface area (Å²) in [6.45, 7) is 5.52. The van der Waals surface area contributed by atoms with Gasteiger partial charge in [-0.3, -0.25) is 9.59 Å². The Bertz CT molecular complexity index is 233. The average molecular weight is 248 g/mol. The number of esters is 1. The molecule has 0 rings (SSSR count). The molecule has 0 atom stereocenters. The molecule has 0 radical (unpaired) electrons. The van der Waals surface area contributed by atoms with Crippen molar-refractivity contribution in [3.05, 3.63) is 0 Å². The summed E-state index contributed by atoms with van der Waals surface area (Å²) in [7, 11) is 0. The largest absolute Gasteiger partial charge is 0.481 e. The van der Waals surface area contributed by atoms with Crippen LogP contribution in [0.2, 0.25) is 0 Å². The second-order valence-corrected chi connectivity index (χ2v) is 5.60. The summed E-state index contributed by atoms with van der Waals surface area (Å²) in [5.41, 5.74) is -0.421. The third-order valence-electron chi connectivity index (χ3n) is 1.57. The van der Waals surface area contributed by atoms with Gasteiger partial charge in [-0.1, -0.05) is 0 Å². The molecule has 5 heteroatoms. The maximum atomic E-state index is 11.3. The zero-order valence-corrected chi connectivity index (χ0v) is 10.9. The van der Waals surface area contributed by atoms with Crippen molar-refractivity contribution >= 4 is 23.7 Å². The molecule has 0 saturated heterocycles. The molecule has 0 unspecified atom stereocenters. The molecule has 0 aliphatic carbocycles. The predicted octanol–water partition coefficient (Wildman–Crippen LogP) is 2.32. The normalized spacial score (nSPS) is 11.2. The van der Waals surface area contributed by atoms with Gasteiger partial charge in [0.1, 0.15) is 5.60 Å². The Labute approximate surface area is 101 Å². The highest BCUT2D eigenvalue weighted by Crippen LogP contribution is 2.11. The molecule has 4 nitrogen and oxygen atoms in total. The molecule has 94 valence electrons. The SMILES string of the molecule is CC(C)(C)OC(=O)CCCCSCC(=O)O. The number of aliphatic carboxylic acids is 1. The second-order valence-electron chi connectivity index (χ2n) is 4.49. The van der Waals surface area contributed by atoms with Gasteiger partial charge in [-0.2, -0.15) is 11.8 Å². The minimum atomic E-state index is -0.794. The van der Waals surface area contributed by atoms with Gasteiger partial charge in [0.15, 0.2) is 0 Å². The van der Waals surface area contributed by atoms with Crippen LogP contribution in [0, 0.1) is 0 Å². The van der Waals surface area contributed by atoms with E-state index in [-0.39, 0.29) is 11.7 Å². The molecule has 0 saturated carbocycles. The smallest absolute Gasteiger partial charge is 0.313 e. The lowest BCUT2D eigenvalue weighted by Gasteiger charge is -2.19. The van der Waals surface area contributed by atoms with Crippen molar-refractivity contribution in [2.24, 2.45) is 0 Å². The number of carbonyl (C=O) groups is 2. The minimum absolute atomic E-state index is 0.131. The van der Waals surface area contributed by atoms with Crippen LogP contribution >= 0.6 is 11.8 Å². The van der Waals surface area contributed by atoms with Crippen molar-refractivity contribution in [2.75, 3.05) is 11.5 Å². The molecule has 0 aromatic rings. The molecule has 0 fully saturated rings. The van der Waals surface area contributed by atoms with E-state index < -0.39 is 11.6 Å². The van der Waals surface area contributed by atoms with Gasteiger partial charge in [0, 0.05) is 6.42 Å². The Morgan fingerprint density at radius 1 is 1.25 bits per heavy atom. The molecule has 0 aromatic carbocycles. The van der Waals surface area contributed by atoms with Gasteiger partial charge < -0.3 is 9.84 Å². The number of hydrogen-bond acceptors (Lipinski definition) is 4. The molecule has 0 aliphatic rings. The first-order valence-electron chi connectivity index (χ1n) is 5.32. The summed E-state index contributed by atoms with van der Waals surface area (Å²) < 4.78 is 5.14. The average Bonchev–Trinajstić information content (AvgIpc) is 2.07. The number of unbranched alkanes of at least 4 members (excludes halogenated alkanes) is 1. The van der Waals surface area contributed by atoms with Gasteiger partial charge in [0.05, 0.1) is 5.75 Å². The lowest BCUT2D eigenvalue weighted by Crippen LogP contribution is -2.23. The van der Waals surface area contributed by atoms with E-state index in [0.29, 0.717) is 6.42 Å². The molecule has 0 amide bonds. The van der Waals surface area contributed by atoms with Crippen LogP contribution in [0.4, 0.5) is 0 Å². The number of carbonyl (C=O) groups excluding carboxylic acids is 1. The first-order chi connectivity index (χ1) is 7.31. The number of carboxylic acid groups (broad SMARTS) is 1. The van der Waals surface area contributed by atoms with E-state index in [9.17, 15) is 9.59 Å². The van der Waals surface area contributed by atoms with E-state index in [1.165, 1.54) is 11.8 Å². The topological polar surface area (TPSA) is 63.6 Å². The molecule has 1 N–H and O–H groups in total. The highest BCUT2D eigenvalue weighted by atomic mass is 32.2. The van der Waals surface area contributed by atoms with Crippen LogP contribution in [0.25, 0.3) is 0 Å². The van der Waals surface area contributed by atoms with E-state index in [2.05, 4.69) is 0 Å². The highest BCUT2D eigenvalue weighted by Gasteiger charge is 2.15. The summed E-state index contributed by atoms with van der Waals surface area (Å²) in [5.74, 6) is -0.0745. The number of ether oxygens (including phenoxy) is 1. The van der Waals surface area contributed by atoms with Crippen LogP contribution in [0.1, 0.15) is 40.0 Å². The lowest BCUT2D eigenvalue weighted by molar-refractivity contribution is -0.154. The fourth-order valence-electron chi connectivity index (χ4n) is 1.03. The number of hydrogen-bond donors (Lipinski definition) is 1. The van der Waals surface area contributed by atoms with E-state index >= 15 is 0 Å². The molecule has 0 spiro atoms. The van der Waals surface area contributed by atoms with Gasteiger partial charge >= 0.3 is 11.9 Å². The van der Waals surface area contributed by atoms with E-state index in [4.69, 9.17) is 9.84 Å².